The van der Waals surface area contributed by atoms with Crippen molar-refractivity contribution in [1.82, 2.24) is 5.32 Å². The maximum absolute atomic E-state index is 11.6. The van der Waals surface area contributed by atoms with E-state index in [-0.39, 0.29) is 30.0 Å². The largest absolute Gasteiger partial charge is 0.477 e. The number of hydrogen-bond donors (Lipinski definition) is 1. The zero-order valence-corrected chi connectivity index (χ0v) is 11.1. The first-order valence-electron chi connectivity index (χ1n) is 6.20. The lowest BCUT2D eigenvalue weighted by Gasteiger charge is -2.13. The number of benzene rings is 1. The van der Waals surface area contributed by atoms with Gasteiger partial charge in [-0.05, 0) is 19.4 Å². The summed E-state index contributed by atoms with van der Waals surface area (Å²) in [5.41, 5.74) is -0.142. The van der Waals surface area contributed by atoms with Gasteiger partial charge in [0.25, 0.3) is 5.91 Å². The number of para-hydroxylation sites is 2. The molecule has 1 atom stereocenters. The van der Waals surface area contributed by atoms with Gasteiger partial charge in [0.2, 0.25) is 0 Å². The number of nitrogens with zero attached hydrogens (tertiary/aromatic N) is 1. The topological polar surface area (TPSA) is 81.5 Å². The highest BCUT2D eigenvalue weighted by atomic mass is 16.6. The molecule has 0 spiro atoms. The van der Waals surface area contributed by atoms with Gasteiger partial charge in [-0.15, -0.1) is 0 Å². The minimum Gasteiger partial charge on any atom is -0.477 e. The molecule has 0 aromatic heterocycles. The Kier molecular flexibility index (Phi) is 5.78. The zero-order chi connectivity index (χ0) is 14.3. The second-order valence-electron chi connectivity index (χ2n) is 4.27. The van der Waals surface area contributed by atoms with Gasteiger partial charge in [-0.25, -0.2) is 0 Å². The second kappa shape index (κ2) is 7.35. The lowest BCUT2D eigenvalue weighted by Crippen LogP contribution is -2.36. The van der Waals surface area contributed by atoms with Gasteiger partial charge in [-0.2, -0.15) is 0 Å². The first kappa shape index (κ1) is 14.9. The number of nitro groups is 1. The molecule has 6 heteroatoms. The fourth-order valence-corrected chi connectivity index (χ4v) is 1.70. The molecular weight excluding hydrogens is 248 g/mol. The van der Waals surface area contributed by atoms with Gasteiger partial charge in [0.15, 0.2) is 12.4 Å². The molecule has 0 fully saturated rings. The van der Waals surface area contributed by atoms with E-state index in [0.29, 0.717) is 0 Å². The van der Waals surface area contributed by atoms with Crippen molar-refractivity contribution in [2.45, 2.75) is 32.7 Å². The Morgan fingerprint density at radius 2 is 2.16 bits per heavy atom. The first-order chi connectivity index (χ1) is 9.04. The summed E-state index contributed by atoms with van der Waals surface area (Å²) in [7, 11) is 0. The van der Waals surface area contributed by atoms with Crippen LogP contribution in [0.4, 0.5) is 5.69 Å². The van der Waals surface area contributed by atoms with E-state index in [0.717, 1.165) is 12.8 Å². The number of ether oxygens (including phenoxy) is 1. The molecule has 0 radical (unpaired) electrons. The van der Waals surface area contributed by atoms with E-state index in [1.165, 1.54) is 12.1 Å². The van der Waals surface area contributed by atoms with Crippen molar-refractivity contribution in [1.29, 1.82) is 0 Å². The molecule has 1 rings (SSSR count). The van der Waals surface area contributed by atoms with Crippen molar-refractivity contribution in [3.8, 4) is 5.75 Å². The molecule has 0 saturated carbocycles. The van der Waals surface area contributed by atoms with E-state index in [1.54, 1.807) is 12.1 Å². The third kappa shape index (κ3) is 4.95. The first-order valence-corrected chi connectivity index (χ1v) is 6.20. The Balaban J connectivity index is 2.53. The normalized spacial score (nSPS) is 11.7. The Bertz CT molecular complexity index is 448. The van der Waals surface area contributed by atoms with Crippen molar-refractivity contribution in [3.05, 3.63) is 34.4 Å². The van der Waals surface area contributed by atoms with Crippen molar-refractivity contribution in [2.75, 3.05) is 6.61 Å². The van der Waals surface area contributed by atoms with Gasteiger partial charge in [-0.3, -0.25) is 14.9 Å². The van der Waals surface area contributed by atoms with E-state index in [2.05, 4.69) is 5.32 Å². The average Bonchev–Trinajstić information content (AvgIpc) is 2.36. The lowest BCUT2D eigenvalue weighted by atomic mass is 10.2. The number of carbonyl (C=O) groups excluding carboxylic acids is 1. The summed E-state index contributed by atoms with van der Waals surface area (Å²) in [6, 6.07) is 6.06. The molecule has 1 amide bonds. The summed E-state index contributed by atoms with van der Waals surface area (Å²) in [4.78, 5) is 21.8. The number of rotatable bonds is 7. The maximum atomic E-state index is 11.6. The van der Waals surface area contributed by atoms with Crippen molar-refractivity contribution in [2.24, 2.45) is 0 Å². The maximum Gasteiger partial charge on any atom is 0.310 e. The minimum atomic E-state index is -0.535. The molecule has 1 N–H and O–H groups in total. The minimum absolute atomic E-state index is 0.0758. The molecule has 0 unspecified atom stereocenters. The highest BCUT2D eigenvalue weighted by Gasteiger charge is 2.15. The predicted octanol–water partition coefficient (Wildman–Crippen LogP) is 2.28. The Hall–Kier alpha value is -2.11. The third-order valence-corrected chi connectivity index (χ3v) is 2.55. The monoisotopic (exact) mass is 266 g/mol. The molecule has 0 bridgehead atoms. The van der Waals surface area contributed by atoms with Crippen LogP contribution >= 0.6 is 0 Å². The summed E-state index contributed by atoms with van der Waals surface area (Å²) in [6.45, 7) is 3.72. The Morgan fingerprint density at radius 3 is 2.79 bits per heavy atom. The van der Waals surface area contributed by atoms with Crippen LogP contribution in [0.1, 0.15) is 26.7 Å². The van der Waals surface area contributed by atoms with E-state index < -0.39 is 4.92 Å². The molecule has 0 saturated heterocycles. The number of nitro benzene ring substituents is 1. The average molecular weight is 266 g/mol. The third-order valence-electron chi connectivity index (χ3n) is 2.55. The molecule has 0 heterocycles. The lowest BCUT2D eigenvalue weighted by molar-refractivity contribution is -0.385. The molecule has 0 aliphatic rings. The molecule has 0 aliphatic heterocycles. The SMILES string of the molecule is CCC[C@H](C)NC(=O)COc1ccccc1[N+](=O)[O-]. The molecule has 1 aromatic rings. The number of carbonyl (C=O) groups is 1. The smallest absolute Gasteiger partial charge is 0.310 e. The van der Waals surface area contributed by atoms with Gasteiger partial charge < -0.3 is 10.1 Å². The van der Waals surface area contributed by atoms with E-state index in [9.17, 15) is 14.9 Å². The molecule has 6 nitrogen and oxygen atoms in total. The number of hydrogen-bond acceptors (Lipinski definition) is 4. The molecule has 104 valence electrons. The van der Waals surface area contributed by atoms with Crippen LogP contribution in [0.5, 0.6) is 5.75 Å². The molecule has 1 aromatic carbocycles. The van der Waals surface area contributed by atoms with E-state index >= 15 is 0 Å². The summed E-state index contributed by atoms with van der Waals surface area (Å²) in [6.07, 6.45) is 1.86. The van der Waals surface area contributed by atoms with E-state index in [1.807, 2.05) is 13.8 Å². The van der Waals surface area contributed by atoms with Crippen LogP contribution in [-0.4, -0.2) is 23.5 Å². The van der Waals surface area contributed by atoms with E-state index in [4.69, 9.17) is 4.74 Å². The molecule has 0 aliphatic carbocycles. The van der Waals surface area contributed by atoms with Crippen molar-refractivity contribution in [3.63, 3.8) is 0 Å². The Morgan fingerprint density at radius 1 is 1.47 bits per heavy atom. The summed E-state index contributed by atoms with van der Waals surface area (Å²) >= 11 is 0. The van der Waals surface area contributed by atoms with Crippen LogP contribution < -0.4 is 10.1 Å². The van der Waals surface area contributed by atoms with Gasteiger partial charge in [0.05, 0.1) is 4.92 Å². The van der Waals surface area contributed by atoms with Crippen LogP contribution in [0.3, 0.4) is 0 Å². The van der Waals surface area contributed by atoms with Gasteiger partial charge in [0.1, 0.15) is 0 Å². The van der Waals surface area contributed by atoms with Gasteiger partial charge in [0, 0.05) is 12.1 Å². The van der Waals surface area contributed by atoms with Crippen LogP contribution in [0.2, 0.25) is 0 Å². The van der Waals surface area contributed by atoms with Crippen molar-refractivity contribution < 1.29 is 14.5 Å². The summed E-state index contributed by atoms with van der Waals surface area (Å²) in [5, 5.41) is 13.5. The van der Waals surface area contributed by atoms with Crippen molar-refractivity contribution >= 4 is 11.6 Å². The quantitative estimate of drug-likeness (QED) is 0.606. The fraction of sp³-hybridized carbons (Fsp3) is 0.462. The van der Waals surface area contributed by atoms with Gasteiger partial charge in [-0.1, -0.05) is 25.5 Å². The highest BCUT2D eigenvalue weighted by molar-refractivity contribution is 5.77. The summed E-state index contributed by atoms with van der Waals surface area (Å²) < 4.78 is 5.19. The Labute approximate surface area is 111 Å². The number of nitrogens with one attached hydrogen (secondary N) is 1. The standard InChI is InChI=1S/C13H18N2O4/c1-3-6-10(2)14-13(16)9-19-12-8-5-4-7-11(12)15(17)18/h4-5,7-8,10H,3,6,9H2,1-2H3,(H,14,16)/t10-/m0/s1. The van der Waals surface area contributed by atoms with Crippen LogP contribution in [0.25, 0.3) is 0 Å². The van der Waals surface area contributed by atoms with Crippen LogP contribution in [-0.2, 0) is 4.79 Å². The van der Waals surface area contributed by atoms with Crippen LogP contribution in [0.15, 0.2) is 24.3 Å². The highest BCUT2D eigenvalue weighted by Crippen LogP contribution is 2.25. The van der Waals surface area contributed by atoms with Crippen LogP contribution in [0, 0.1) is 10.1 Å². The predicted molar refractivity (Wildman–Crippen MR) is 71.1 cm³/mol. The summed E-state index contributed by atoms with van der Waals surface area (Å²) in [5.74, 6) is -0.176. The zero-order valence-electron chi connectivity index (χ0n) is 11.1. The number of amides is 1. The molecular formula is C13H18N2O4. The molecule has 19 heavy (non-hydrogen) atoms. The van der Waals surface area contributed by atoms with Gasteiger partial charge >= 0.3 is 5.69 Å². The fourth-order valence-electron chi connectivity index (χ4n) is 1.70. The second-order valence-corrected chi connectivity index (χ2v) is 4.27.